The second-order valence-electron chi connectivity index (χ2n) is 7.55. The Hall–Kier alpha value is -4.08. The average Bonchev–Trinajstić information content (AvgIpc) is 3.36. The van der Waals surface area contributed by atoms with Crippen LogP contribution >= 0.6 is 23.4 Å². The van der Waals surface area contributed by atoms with Crippen molar-refractivity contribution in [2.75, 3.05) is 20.0 Å². The first-order chi connectivity index (χ1) is 18.1. The Kier molecular flexibility index (Phi) is 8.96. The van der Waals surface area contributed by atoms with Gasteiger partial charge in [0, 0.05) is 28.1 Å². The average molecular weight is 534 g/mol. The van der Waals surface area contributed by atoms with Crippen LogP contribution in [-0.4, -0.2) is 46.9 Å². The molecule has 4 aromatic rings. The molecule has 0 bridgehead atoms. The molecule has 0 aliphatic carbocycles. The molecule has 0 saturated heterocycles. The Balaban J connectivity index is 1.44. The van der Waals surface area contributed by atoms with E-state index in [0.29, 0.717) is 16.0 Å². The third kappa shape index (κ3) is 6.78. The van der Waals surface area contributed by atoms with Crippen molar-refractivity contribution in [3.8, 4) is 28.6 Å². The van der Waals surface area contributed by atoms with Gasteiger partial charge in [0.2, 0.25) is 0 Å². The summed E-state index contributed by atoms with van der Waals surface area (Å²) < 4.78 is 12.4. The lowest BCUT2D eigenvalue weighted by Crippen LogP contribution is -2.19. The molecule has 0 spiro atoms. The van der Waals surface area contributed by atoms with Crippen LogP contribution in [0.25, 0.3) is 23.2 Å². The molecule has 0 atom stereocenters. The Morgan fingerprint density at radius 2 is 1.78 bits per heavy atom. The Morgan fingerprint density at radius 3 is 2.51 bits per heavy atom. The molecule has 0 unspecified atom stereocenters. The maximum absolute atomic E-state index is 12.4. The van der Waals surface area contributed by atoms with E-state index in [1.165, 1.54) is 18.0 Å². The summed E-state index contributed by atoms with van der Waals surface area (Å²) >= 11 is 7.34. The van der Waals surface area contributed by atoms with Crippen LogP contribution in [0.3, 0.4) is 0 Å². The van der Waals surface area contributed by atoms with Gasteiger partial charge in [0.25, 0.3) is 5.91 Å². The highest BCUT2D eigenvalue weighted by molar-refractivity contribution is 7.99. The maximum atomic E-state index is 12.4. The molecule has 1 amide bonds. The van der Waals surface area contributed by atoms with Crippen LogP contribution < -0.4 is 14.9 Å². The van der Waals surface area contributed by atoms with Crippen molar-refractivity contribution in [2.45, 2.75) is 5.16 Å². The van der Waals surface area contributed by atoms with Crippen molar-refractivity contribution in [3.63, 3.8) is 0 Å². The van der Waals surface area contributed by atoms with E-state index in [2.05, 4.69) is 20.7 Å². The molecule has 0 aliphatic heterocycles. The van der Waals surface area contributed by atoms with Gasteiger partial charge in [0.1, 0.15) is 11.5 Å². The first kappa shape index (κ1) is 26.0. The second kappa shape index (κ2) is 12.8. The zero-order valence-electron chi connectivity index (χ0n) is 20.2. The number of rotatable bonds is 10. The highest BCUT2D eigenvalue weighted by Gasteiger charge is 2.17. The van der Waals surface area contributed by atoms with Gasteiger partial charge in [0.05, 0.1) is 20.0 Å². The number of ether oxygens (including phenoxy) is 2. The highest BCUT2D eigenvalue weighted by Crippen LogP contribution is 2.29. The summed E-state index contributed by atoms with van der Waals surface area (Å²) in [5.74, 6) is 1.95. The number of aromatic nitrogens is 3. The normalized spacial score (nSPS) is 11.2. The van der Waals surface area contributed by atoms with Gasteiger partial charge in [-0.05, 0) is 66.7 Å². The Bertz CT molecular complexity index is 1400. The number of para-hydroxylation sites is 1. The van der Waals surface area contributed by atoms with Crippen molar-refractivity contribution in [3.05, 3.63) is 89.5 Å². The van der Waals surface area contributed by atoms with E-state index in [1.807, 2.05) is 71.3 Å². The van der Waals surface area contributed by atoms with Gasteiger partial charge in [-0.1, -0.05) is 41.6 Å². The number of hydrazone groups is 1. The first-order valence-corrected chi connectivity index (χ1v) is 12.6. The number of hydrogen-bond donors (Lipinski definition) is 1. The third-order valence-electron chi connectivity index (χ3n) is 5.16. The summed E-state index contributed by atoms with van der Waals surface area (Å²) in [5.41, 5.74) is 5.11. The fourth-order valence-corrected chi connectivity index (χ4v) is 4.25. The number of carbonyl (C=O) groups is 1. The summed E-state index contributed by atoms with van der Waals surface area (Å²) in [6, 6.07) is 22.5. The van der Waals surface area contributed by atoms with Crippen molar-refractivity contribution in [1.82, 2.24) is 20.2 Å². The van der Waals surface area contributed by atoms with Gasteiger partial charge >= 0.3 is 0 Å². The molecule has 1 aromatic heterocycles. The van der Waals surface area contributed by atoms with Crippen molar-refractivity contribution >= 4 is 41.6 Å². The topological polar surface area (TPSA) is 90.6 Å². The van der Waals surface area contributed by atoms with E-state index in [9.17, 15) is 4.79 Å². The summed E-state index contributed by atoms with van der Waals surface area (Å²) in [6.45, 7) is 0. The van der Waals surface area contributed by atoms with E-state index in [0.717, 1.165) is 28.3 Å². The molecule has 0 radical (unpaired) electrons. The first-order valence-electron chi connectivity index (χ1n) is 11.2. The van der Waals surface area contributed by atoms with Crippen LogP contribution in [0.15, 0.2) is 89.1 Å². The molecule has 8 nitrogen and oxygen atoms in total. The smallest absolute Gasteiger partial charge is 0.250 e. The number of benzene rings is 3. The molecule has 0 fully saturated rings. The molecule has 10 heteroatoms. The molecule has 37 heavy (non-hydrogen) atoms. The number of amides is 1. The summed E-state index contributed by atoms with van der Waals surface area (Å²) in [5, 5.41) is 13.9. The Morgan fingerprint density at radius 1 is 1.03 bits per heavy atom. The number of methoxy groups -OCH3 is 2. The zero-order chi connectivity index (χ0) is 26.0. The minimum Gasteiger partial charge on any atom is -0.497 e. The van der Waals surface area contributed by atoms with Gasteiger partial charge in [0.15, 0.2) is 11.0 Å². The number of thioether (sulfide) groups is 1. The Labute approximate surface area is 224 Å². The van der Waals surface area contributed by atoms with Crippen molar-refractivity contribution < 1.29 is 14.3 Å². The molecule has 3 aromatic carbocycles. The van der Waals surface area contributed by atoms with E-state index in [4.69, 9.17) is 21.1 Å². The molecule has 188 valence electrons. The number of allylic oxidation sites excluding steroid dienone is 1. The van der Waals surface area contributed by atoms with Crippen LogP contribution in [0.4, 0.5) is 0 Å². The van der Waals surface area contributed by atoms with Crippen LogP contribution in [0.5, 0.6) is 11.5 Å². The molecule has 0 aliphatic rings. The standard InChI is InChI=1S/C27H24ClN5O3S/c1-35-23-15-9-20(10-16-23)26-31-32-27(33(26)22-13-11-21(28)12-14-22)37-18-25(34)30-29-17-5-7-19-6-3-4-8-24(19)36-2/h3-17H,18H2,1-2H3,(H,30,34). The van der Waals surface area contributed by atoms with Crippen LogP contribution in [-0.2, 0) is 4.79 Å². The number of nitrogens with zero attached hydrogens (tertiary/aromatic N) is 4. The van der Waals surface area contributed by atoms with E-state index in [-0.39, 0.29) is 11.7 Å². The third-order valence-corrected chi connectivity index (χ3v) is 6.34. The van der Waals surface area contributed by atoms with Gasteiger partial charge in [-0.25, -0.2) is 5.43 Å². The molecule has 4 rings (SSSR count). The highest BCUT2D eigenvalue weighted by atomic mass is 35.5. The van der Waals surface area contributed by atoms with Gasteiger partial charge in [-0.2, -0.15) is 5.10 Å². The van der Waals surface area contributed by atoms with Crippen LogP contribution in [0.2, 0.25) is 5.02 Å². The zero-order valence-corrected chi connectivity index (χ0v) is 21.7. The summed E-state index contributed by atoms with van der Waals surface area (Å²) in [4.78, 5) is 12.4. The minimum atomic E-state index is -0.274. The lowest BCUT2D eigenvalue weighted by atomic mass is 10.2. The van der Waals surface area contributed by atoms with Gasteiger partial charge in [-0.15, -0.1) is 10.2 Å². The number of carbonyl (C=O) groups excluding carboxylic acids is 1. The monoisotopic (exact) mass is 533 g/mol. The van der Waals surface area contributed by atoms with Crippen molar-refractivity contribution in [1.29, 1.82) is 0 Å². The number of hydrogen-bond acceptors (Lipinski definition) is 7. The van der Waals surface area contributed by atoms with Crippen molar-refractivity contribution in [2.24, 2.45) is 5.10 Å². The molecule has 0 saturated carbocycles. The molecular formula is C27H24ClN5O3S. The summed E-state index contributed by atoms with van der Waals surface area (Å²) in [7, 11) is 3.23. The largest absolute Gasteiger partial charge is 0.497 e. The van der Waals surface area contributed by atoms with Crippen LogP contribution in [0.1, 0.15) is 5.56 Å². The van der Waals surface area contributed by atoms with Gasteiger partial charge in [-0.3, -0.25) is 9.36 Å². The van der Waals surface area contributed by atoms with Gasteiger partial charge < -0.3 is 9.47 Å². The summed E-state index contributed by atoms with van der Waals surface area (Å²) in [6.07, 6.45) is 5.08. The second-order valence-corrected chi connectivity index (χ2v) is 8.93. The molecular weight excluding hydrogens is 510 g/mol. The maximum Gasteiger partial charge on any atom is 0.250 e. The quantitative estimate of drug-likeness (QED) is 0.164. The molecule has 1 N–H and O–H groups in total. The molecule has 1 heterocycles. The number of halogens is 1. The minimum absolute atomic E-state index is 0.0991. The predicted octanol–water partition coefficient (Wildman–Crippen LogP) is 5.51. The fourth-order valence-electron chi connectivity index (χ4n) is 3.38. The fraction of sp³-hybridized carbons (Fsp3) is 0.111. The van der Waals surface area contributed by atoms with E-state index < -0.39 is 0 Å². The van der Waals surface area contributed by atoms with Crippen LogP contribution in [0, 0.1) is 0 Å². The van der Waals surface area contributed by atoms with E-state index in [1.54, 1.807) is 32.4 Å². The lowest BCUT2D eigenvalue weighted by molar-refractivity contribution is -0.118. The van der Waals surface area contributed by atoms with E-state index >= 15 is 0 Å². The lowest BCUT2D eigenvalue weighted by Gasteiger charge is -2.11. The predicted molar refractivity (Wildman–Crippen MR) is 148 cm³/mol. The number of nitrogens with one attached hydrogen (secondary N) is 1. The SMILES string of the molecule is COc1ccc(-c2nnc(SCC(=O)NN=CC=Cc3ccccc3OC)n2-c2ccc(Cl)cc2)cc1.